The molecule has 0 saturated heterocycles. The highest BCUT2D eigenvalue weighted by Gasteiger charge is 2.11. The van der Waals surface area contributed by atoms with E-state index in [1.165, 1.54) is 36.4 Å². The minimum Gasteiger partial charge on any atom is -0.478 e. The molecule has 0 atom stereocenters. The number of carboxylic acids is 1. The molecule has 0 radical (unpaired) electrons. The lowest BCUT2D eigenvalue weighted by Crippen LogP contribution is -2.04. The number of hydrogen-bond donors (Lipinski definition) is 3. The number of nitrogens with two attached hydrogens (primary N) is 1. The van der Waals surface area contributed by atoms with Gasteiger partial charge in [-0.1, -0.05) is 0 Å². The fourth-order valence-corrected chi connectivity index (χ4v) is 1.72. The van der Waals surface area contributed by atoms with Gasteiger partial charge in [0.15, 0.2) is 0 Å². The van der Waals surface area contributed by atoms with Crippen LogP contribution in [0, 0.1) is 0 Å². The van der Waals surface area contributed by atoms with E-state index in [-0.39, 0.29) is 11.3 Å². The number of hydrogen-bond acceptors (Lipinski definition) is 4. The van der Waals surface area contributed by atoms with E-state index in [9.17, 15) is 13.6 Å². The molecule has 7 heteroatoms. The van der Waals surface area contributed by atoms with Crippen molar-refractivity contribution in [2.24, 2.45) is 0 Å². The van der Waals surface area contributed by atoms with Crippen molar-refractivity contribution in [1.29, 1.82) is 0 Å². The molecule has 0 aliphatic rings. The Hall–Kier alpha value is -2.83. The first kappa shape index (κ1) is 14.6. The average Bonchev–Trinajstić information content (AvgIpc) is 2.42. The van der Waals surface area contributed by atoms with Crippen LogP contribution >= 0.6 is 0 Å². The molecule has 21 heavy (non-hydrogen) atoms. The second-order valence-electron chi connectivity index (χ2n) is 4.14. The lowest BCUT2D eigenvalue weighted by atomic mass is 10.1. The van der Waals surface area contributed by atoms with Crippen LogP contribution in [0.2, 0.25) is 0 Å². The predicted molar refractivity (Wildman–Crippen MR) is 74.2 cm³/mol. The summed E-state index contributed by atoms with van der Waals surface area (Å²) in [4.78, 5) is 11.1. The van der Waals surface area contributed by atoms with E-state index in [1.807, 2.05) is 0 Å². The smallest absolute Gasteiger partial charge is 0.387 e. The van der Waals surface area contributed by atoms with Crippen LogP contribution in [0.1, 0.15) is 10.4 Å². The number of nitrogens with one attached hydrogen (secondary N) is 1. The molecule has 0 bridgehead atoms. The van der Waals surface area contributed by atoms with Crippen molar-refractivity contribution in [2.45, 2.75) is 6.61 Å². The third kappa shape index (κ3) is 3.82. The first-order valence-corrected chi connectivity index (χ1v) is 5.90. The number of benzene rings is 2. The summed E-state index contributed by atoms with van der Waals surface area (Å²) in [5.74, 6) is -1.10. The van der Waals surface area contributed by atoms with Gasteiger partial charge in [-0.15, -0.1) is 0 Å². The van der Waals surface area contributed by atoms with E-state index in [0.717, 1.165) is 0 Å². The number of rotatable bonds is 5. The van der Waals surface area contributed by atoms with Gasteiger partial charge in [-0.2, -0.15) is 8.78 Å². The normalized spacial score (nSPS) is 10.4. The van der Waals surface area contributed by atoms with Crippen molar-refractivity contribution < 1.29 is 23.4 Å². The molecule has 0 amide bonds. The fourth-order valence-electron chi connectivity index (χ4n) is 1.72. The minimum absolute atomic E-state index is 0.0166. The number of alkyl halides is 2. The summed E-state index contributed by atoms with van der Waals surface area (Å²) in [5.41, 5.74) is 6.77. The number of nitrogen functional groups attached to an aromatic ring is 1. The second kappa shape index (κ2) is 6.08. The van der Waals surface area contributed by atoms with Crippen molar-refractivity contribution >= 4 is 23.0 Å². The van der Waals surface area contributed by atoms with E-state index in [0.29, 0.717) is 17.1 Å². The van der Waals surface area contributed by atoms with E-state index in [2.05, 4.69) is 10.1 Å². The van der Waals surface area contributed by atoms with Crippen molar-refractivity contribution in [2.75, 3.05) is 11.1 Å². The second-order valence-corrected chi connectivity index (χ2v) is 4.14. The monoisotopic (exact) mass is 294 g/mol. The average molecular weight is 294 g/mol. The lowest BCUT2D eigenvalue weighted by molar-refractivity contribution is -0.0498. The molecule has 0 fully saturated rings. The molecule has 0 heterocycles. The van der Waals surface area contributed by atoms with Crippen molar-refractivity contribution in [1.82, 2.24) is 0 Å². The SMILES string of the molecule is Nc1ccc(Nc2ccc(OC(F)F)cc2)c(C(=O)O)c1. The maximum absolute atomic E-state index is 12.0. The number of aromatic carboxylic acids is 1. The largest absolute Gasteiger partial charge is 0.478 e. The summed E-state index contributed by atoms with van der Waals surface area (Å²) in [6.07, 6.45) is 0. The molecular formula is C14H12F2N2O3. The number of halogens is 2. The molecule has 2 aromatic carbocycles. The molecule has 0 aliphatic carbocycles. The van der Waals surface area contributed by atoms with Crippen molar-refractivity contribution in [3.05, 3.63) is 48.0 Å². The zero-order valence-corrected chi connectivity index (χ0v) is 10.7. The Morgan fingerprint density at radius 3 is 2.43 bits per heavy atom. The van der Waals surface area contributed by atoms with E-state index in [4.69, 9.17) is 10.8 Å². The highest BCUT2D eigenvalue weighted by Crippen LogP contribution is 2.25. The molecule has 0 aromatic heterocycles. The van der Waals surface area contributed by atoms with Gasteiger partial charge in [-0.25, -0.2) is 4.79 Å². The zero-order chi connectivity index (χ0) is 15.4. The summed E-state index contributed by atoms with van der Waals surface area (Å²) in [6, 6.07) is 10.1. The Morgan fingerprint density at radius 2 is 1.86 bits per heavy atom. The van der Waals surface area contributed by atoms with Crippen molar-refractivity contribution in [3.63, 3.8) is 0 Å². The molecule has 0 aliphatic heterocycles. The number of carbonyl (C=O) groups is 1. The molecular weight excluding hydrogens is 282 g/mol. The minimum atomic E-state index is -2.89. The first-order chi connectivity index (χ1) is 9.95. The Kier molecular flexibility index (Phi) is 4.22. The van der Waals surface area contributed by atoms with Gasteiger partial charge >= 0.3 is 12.6 Å². The van der Waals surface area contributed by atoms with Crippen LogP contribution < -0.4 is 15.8 Å². The van der Waals surface area contributed by atoms with Gasteiger partial charge < -0.3 is 20.9 Å². The van der Waals surface area contributed by atoms with Gasteiger partial charge in [0.05, 0.1) is 11.3 Å². The molecule has 0 unspecified atom stereocenters. The Morgan fingerprint density at radius 1 is 1.19 bits per heavy atom. The molecule has 2 rings (SSSR count). The van der Waals surface area contributed by atoms with Gasteiger partial charge in [-0.3, -0.25) is 0 Å². The molecule has 0 saturated carbocycles. The Bertz CT molecular complexity index is 645. The lowest BCUT2D eigenvalue weighted by Gasteiger charge is -2.11. The van der Waals surface area contributed by atoms with Crippen LogP contribution in [-0.4, -0.2) is 17.7 Å². The van der Waals surface area contributed by atoms with Crippen LogP contribution in [0.5, 0.6) is 5.75 Å². The van der Waals surface area contributed by atoms with Crippen LogP contribution in [0.25, 0.3) is 0 Å². The van der Waals surface area contributed by atoms with Gasteiger partial charge in [-0.05, 0) is 42.5 Å². The maximum Gasteiger partial charge on any atom is 0.387 e. The van der Waals surface area contributed by atoms with Crippen molar-refractivity contribution in [3.8, 4) is 5.75 Å². The topological polar surface area (TPSA) is 84.6 Å². The quantitative estimate of drug-likeness (QED) is 0.737. The molecule has 2 aromatic rings. The van der Waals surface area contributed by atoms with E-state index >= 15 is 0 Å². The van der Waals surface area contributed by atoms with Crippen LogP contribution in [0.4, 0.5) is 25.8 Å². The Labute approximate surface area is 119 Å². The first-order valence-electron chi connectivity index (χ1n) is 5.90. The summed E-state index contributed by atoms with van der Waals surface area (Å²) in [5, 5.41) is 12.0. The Balaban J connectivity index is 2.20. The zero-order valence-electron chi connectivity index (χ0n) is 10.7. The van der Waals surface area contributed by atoms with Crippen LogP contribution in [0.3, 0.4) is 0 Å². The number of carboxylic acid groups (broad SMARTS) is 1. The predicted octanol–water partition coefficient (Wildman–Crippen LogP) is 3.31. The maximum atomic E-state index is 12.0. The molecule has 4 N–H and O–H groups in total. The van der Waals surface area contributed by atoms with Gasteiger partial charge in [0.2, 0.25) is 0 Å². The third-order valence-corrected chi connectivity index (χ3v) is 2.63. The highest BCUT2D eigenvalue weighted by atomic mass is 19.3. The highest BCUT2D eigenvalue weighted by molar-refractivity contribution is 5.96. The summed E-state index contributed by atoms with van der Waals surface area (Å²) < 4.78 is 28.3. The van der Waals surface area contributed by atoms with Gasteiger partial charge in [0.1, 0.15) is 5.75 Å². The summed E-state index contributed by atoms with van der Waals surface area (Å²) in [6.45, 7) is -2.89. The van der Waals surface area contributed by atoms with Gasteiger partial charge in [0.25, 0.3) is 0 Å². The van der Waals surface area contributed by atoms with E-state index in [1.54, 1.807) is 6.07 Å². The standard InChI is InChI=1S/C14H12F2N2O3/c15-14(16)21-10-4-2-9(3-5-10)18-12-6-1-8(17)7-11(12)13(19)20/h1-7,14,18H,17H2,(H,19,20). The fraction of sp³-hybridized carbons (Fsp3) is 0.0714. The summed E-state index contributed by atoms with van der Waals surface area (Å²) >= 11 is 0. The van der Waals surface area contributed by atoms with E-state index < -0.39 is 12.6 Å². The van der Waals surface area contributed by atoms with Crippen LogP contribution in [-0.2, 0) is 0 Å². The van der Waals surface area contributed by atoms with Gasteiger partial charge in [0, 0.05) is 11.4 Å². The third-order valence-electron chi connectivity index (χ3n) is 2.63. The van der Waals surface area contributed by atoms with Crippen LogP contribution in [0.15, 0.2) is 42.5 Å². The molecule has 0 spiro atoms. The molecule has 110 valence electrons. The number of ether oxygens (including phenoxy) is 1. The number of anilines is 3. The summed E-state index contributed by atoms with van der Waals surface area (Å²) in [7, 11) is 0. The molecule has 5 nitrogen and oxygen atoms in total.